The highest BCUT2D eigenvalue weighted by atomic mass is 127. The molecule has 0 saturated carbocycles. The van der Waals surface area contributed by atoms with Gasteiger partial charge in [-0.3, -0.25) is 4.68 Å². The number of nitrogens with one attached hydrogen (secondary N) is 1. The third-order valence-electron chi connectivity index (χ3n) is 4.65. The number of guanidine groups is 1. The number of benzene rings is 1. The van der Waals surface area contributed by atoms with Crippen molar-refractivity contribution in [3.63, 3.8) is 0 Å². The number of hydrogen-bond donors (Lipinski definition) is 1. The summed E-state index contributed by atoms with van der Waals surface area (Å²) in [5, 5.41) is 7.66. The summed E-state index contributed by atoms with van der Waals surface area (Å²) < 4.78 is 13.7. The van der Waals surface area contributed by atoms with Gasteiger partial charge in [-0.25, -0.2) is 4.99 Å². The van der Waals surface area contributed by atoms with Crippen molar-refractivity contribution in [1.29, 1.82) is 0 Å². The number of aliphatic imine (C=N–C) groups is 1. The maximum absolute atomic E-state index is 5.99. The van der Waals surface area contributed by atoms with Crippen molar-refractivity contribution < 1.29 is 9.47 Å². The smallest absolute Gasteiger partial charge is 0.194 e. The number of rotatable bonds is 6. The van der Waals surface area contributed by atoms with E-state index in [-0.39, 0.29) is 36.2 Å². The van der Waals surface area contributed by atoms with Crippen molar-refractivity contribution in [3.05, 3.63) is 47.8 Å². The van der Waals surface area contributed by atoms with Gasteiger partial charge in [-0.05, 0) is 32.9 Å². The summed E-state index contributed by atoms with van der Waals surface area (Å²) in [5.41, 5.74) is 2.32. The number of hydrogen-bond acceptors (Lipinski definition) is 4. The molecule has 2 heterocycles. The van der Waals surface area contributed by atoms with Gasteiger partial charge in [-0.15, -0.1) is 24.0 Å². The van der Waals surface area contributed by atoms with Crippen molar-refractivity contribution >= 4 is 29.9 Å². The predicted octanol–water partition coefficient (Wildman–Crippen LogP) is 3.15. The summed E-state index contributed by atoms with van der Waals surface area (Å²) >= 11 is 0. The van der Waals surface area contributed by atoms with Crippen molar-refractivity contribution in [1.82, 2.24) is 20.0 Å². The lowest BCUT2D eigenvalue weighted by atomic mass is 10.1. The molecule has 1 fully saturated rings. The van der Waals surface area contributed by atoms with Gasteiger partial charge >= 0.3 is 0 Å². The second-order valence-corrected chi connectivity index (χ2v) is 7.19. The third kappa shape index (κ3) is 6.88. The Kier molecular flexibility index (Phi) is 9.22. The van der Waals surface area contributed by atoms with E-state index in [0.29, 0.717) is 13.2 Å². The highest BCUT2D eigenvalue weighted by Crippen LogP contribution is 2.21. The van der Waals surface area contributed by atoms with Crippen LogP contribution >= 0.6 is 24.0 Å². The first kappa shape index (κ1) is 23.5. The molecule has 1 aliphatic rings. The van der Waals surface area contributed by atoms with E-state index in [9.17, 15) is 0 Å². The second kappa shape index (κ2) is 11.4. The summed E-state index contributed by atoms with van der Waals surface area (Å²) in [6.45, 7) is 9.85. The van der Waals surface area contributed by atoms with E-state index in [2.05, 4.69) is 41.3 Å². The molecule has 1 N–H and O–H groups in total. The van der Waals surface area contributed by atoms with Gasteiger partial charge in [0, 0.05) is 31.9 Å². The molecule has 0 aliphatic carbocycles. The first-order valence-corrected chi connectivity index (χ1v) is 9.92. The maximum atomic E-state index is 5.99. The molecule has 0 amide bonds. The zero-order chi connectivity index (χ0) is 19.9. The molecule has 29 heavy (non-hydrogen) atoms. The normalized spacial score (nSPS) is 18.1. The highest BCUT2D eigenvalue weighted by Gasteiger charge is 2.25. The zero-order valence-corrected chi connectivity index (χ0v) is 20.0. The van der Waals surface area contributed by atoms with Crippen molar-refractivity contribution in [2.45, 2.75) is 33.0 Å². The van der Waals surface area contributed by atoms with E-state index in [1.165, 1.54) is 5.56 Å². The van der Waals surface area contributed by atoms with Crippen LogP contribution in [0.2, 0.25) is 0 Å². The van der Waals surface area contributed by atoms with Gasteiger partial charge in [0.05, 0.1) is 25.9 Å². The molecule has 160 valence electrons. The molecule has 1 aliphatic heterocycles. The highest BCUT2D eigenvalue weighted by molar-refractivity contribution is 14.0. The molecule has 0 spiro atoms. The minimum atomic E-state index is -0.00785. The molecule has 1 aromatic heterocycles. The van der Waals surface area contributed by atoms with Crippen molar-refractivity contribution in [2.24, 2.45) is 12.0 Å². The monoisotopic (exact) mass is 513 g/mol. The van der Waals surface area contributed by atoms with Crippen LogP contribution in [0, 0.1) is 6.92 Å². The van der Waals surface area contributed by atoms with E-state index >= 15 is 0 Å². The van der Waals surface area contributed by atoms with Crippen LogP contribution in [0.25, 0.3) is 0 Å². The van der Waals surface area contributed by atoms with Crippen LogP contribution in [0.3, 0.4) is 0 Å². The van der Waals surface area contributed by atoms with Gasteiger partial charge in [-0.2, -0.15) is 5.10 Å². The van der Waals surface area contributed by atoms with E-state index < -0.39 is 0 Å². The van der Waals surface area contributed by atoms with Crippen LogP contribution < -0.4 is 10.1 Å². The van der Waals surface area contributed by atoms with Gasteiger partial charge in [0.1, 0.15) is 18.0 Å². The Morgan fingerprint density at radius 3 is 2.79 bits per heavy atom. The second-order valence-electron chi connectivity index (χ2n) is 7.19. The van der Waals surface area contributed by atoms with Gasteiger partial charge in [0.25, 0.3) is 0 Å². The fourth-order valence-electron chi connectivity index (χ4n) is 3.18. The lowest BCUT2D eigenvalue weighted by Crippen LogP contribution is -2.48. The van der Waals surface area contributed by atoms with Gasteiger partial charge < -0.3 is 19.7 Å². The van der Waals surface area contributed by atoms with Crippen LogP contribution in [0.5, 0.6) is 5.75 Å². The first-order chi connectivity index (χ1) is 13.5. The lowest BCUT2D eigenvalue weighted by Gasteiger charge is -2.35. The lowest BCUT2D eigenvalue weighted by molar-refractivity contribution is -0.00808. The standard InChI is InChI=1S/C21H31N5O2.HI/c1-5-22-21(23-12-17(3)28-19-8-6-16(2)7-9-19)26-10-11-27-20(15-26)18-13-24-25(4)14-18;/h6-9,13-14,17,20H,5,10-12,15H2,1-4H3,(H,22,23);1H. The number of nitrogens with zero attached hydrogens (tertiary/aromatic N) is 4. The largest absolute Gasteiger partial charge is 0.489 e. The molecule has 3 rings (SSSR count). The van der Waals surface area contributed by atoms with E-state index in [1.807, 2.05) is 38.5 Å². The van der Waals surface area contributed by atoms with E-state index in [1.54, 1.807) is 4.68 Å². The Hall–Kier alpha value is -1.81. The molecule has 1 aromatic carbocycles. The summed E-state index contributed by atoms with van der Waals surface area (Å²) in [6, 6.07) is 8.12. The molecule has 8 heteroatoms. The van der Waals surface area contributed by atoms with Crippen LogP contribution in [0.15, 0.2) is 41.7 Å². The molecule has 1 saturated heterocycles. The molecule has 0 radical (unpaired) electrons. The minimum Gasteiger partial charge on any atom is -0.489 e. The van der Waals surface area contributed by atoms with Crippen LogP contribution in [-0.2, 0) is 11.8 Å². The first-order valence-electron chi connectivity index (χ1n) is 9.92. The van der Waals surface area contributed by atoms with Gasteiger partial charge in [-0.1, -0.05) is 17.7 Å². The number of halogens is 1. The van der Waals surface area contributed by atoms with Crippen molar-refractivity contribution in [3.8, 4) is 5.75 Å². The van der Waals surface area contributed by atoms with Gasteiger partial charge in [0.2, 0.25) is 0 Å². The Balaban J connectivity index is 0.00000300. The number of aryl methyl sites for hydroxylation is 2. The zero-order valence-electron chi connectivity index (χ0n) is 17.7. The SMILES string of the molecule is CCNC(=NCC(C)Oc1ccc(C)cc1)N1CCOC(c2cnn(C)c2)C1.I. The predicted molar refractivity (Wildman–Crippen MR) is 126 cm³/mol. The van der Waals surface area contributed by atoms with E-state index in [4.69, 9.17) is 14.5 Å². The van der Waals surface area contributed by atoms with Crippen molar-refractivity contribution in [2.75, 3.05) is 32.8 Å². The molecular weight excluding hydrogens is 481 g/mol. The average Bonchev–Trinajstić information content (AvgIpc) is 3.13. The van der Waals surface area contributed by atoms with Gasteiger partial charge in [0.15, 0.2) is 5.96 Å². The van der Waals surface area contributed by atoms with Crippen LogP contribution in [0.1, 0.15) is 31.1 Å². The fraction of sp³-hybridized carbons (Fsp3) is 0.524. The molecule has 2 aromatic rings. The Morgan fingerprint density at radius 1 is 1.38 bits per heavy atom. The third-order valence-corrected chi connectivity index (χ3v) is 4.65. The summed E-state index contributed by atoms with van der Waals surface area (Å²) in [6.07, 6.45) is 3.88. The number of ether oxygens (including phenoxy) is 2. The molecule has 2 unspecified atom stereocenters. The number of morpholine rings is 1. The fourth-order valence-corrected chi connectivity index (χ4v) is 3.18. The summed E-state index contributed by atoms with van der Waals surface area (Å²) in [4.78, 5) is 7.07. The Morgan fingerprint density at radius 2 is 2.14 bits per heavy atom. The average molecular weight is 513 g/mol. The molecule has 2 atom stereocenters. The van der Waals surface area contributed by atoms with E-state index in [0.717, 1.165) is 36.9 Å². The summed E-state index contributed by atoms with van der Waals surface area (Å²) in [7, 11) is 1.92. The quantitative estimate of drug-likeness (QED) is 0.366. The summed E-state index contributed by atoms with van der Waals surface area (Å²) in [5.74, 6) is 1.78. The van der Waals surface area contributed by atoms with Crippen LogP contribution in [-0.4, -0.2) is 59.5 Å². The Bertz CT molecular complexity index is 778. The molecule has 0 bridgehead atoms. The topological polar surface area (TPSA) is 63.9 Å². The molecule has 7 nitrogen and oxygen atoms in total. The number of aromatic nitrogens is 2. The Labute approximate surface area is 190 Å². The van der Waals surface area contributed by atoms with Crippen LogP contribution in [0.4, 0.5) is 0 Å². The minimum absolute atomic E-state index is 0. The maximum Gasteiger partial charge on any atom is 0.194 e. The molecular formula is C21H32IN5O2.